The van der Waals surface area contributed by atoms with E-state index in [0.29, 0.717) is 11.4 Å². The number of carboxylic acids is 1. The van der Waals surface area contributed by atoms with Crippen molar-refractivity contribution in [1.29, 1.82) is 0 Å². The lowest BCUT2D eigenvalue weighted by molar-refractivity contribution is -0.139. The highest BCUT2D eigenvalue weighted by Gasteiger charge is 2.48. The summed E-state index contributed by atoms with van der Waals surface area (Å²) in [7, 11) is -0.723. The SMILES string of the molecule is Nc1nc2ncc(CNc3ccc(C(=O)N[C@@H](CCC(=O)NC45COB(OC4)OC5)C(=O)O)cc3)nc2c(=O)[nH]1. The Labute approximate surface area is 226 Å². The van der Waals surface area contributed by atoms with E-state index < -0.39 is 42.2 Å². The quantitative estimate of drug-likeness (QED) is 0.162. The van der Waals surface area contributed by atoms with Gasteiger partial charge in [-0.15, -0.1) is 0 Å². The zero-order chi connectivity index (χ0) is 28.3. The van der Waals surface area contributed by atoms with Gasteiger partial charge < -0.3 is 40.8 Å². The predicted octanol–water partition coefficient (Wildman–Crippen LogP) is -1.21. The first-order valence-corrected chi connectivity index (χ1v) is 12.2. The number of H-pyrrole nitrogens is 1. The Bertz CT molecular complexity index is 1480. The molecule has 0 spiro atoms. The van der Waals surface area contributed by atoms with E-state index in [1.54, 1.807) is 12.1 Å². The van der Waals surface area contributed by atoms with Gasteiger partial charge in [-0.2, -0.15) is 4.98 Å². The zero-order valence-electron chi connectivity index (χ0n) is 21.0. The molecule has 40 heavy (non-hydrogen) atoms. The largest absolute Gasteiger partial charge is 0.639 e. The number of aromatic amines is 1. The molecule has 1 aromatic carbocycles. The fourth-order valence-corrected chi connectivity index (χ4v) is 4.18. The van der Waals surface area contributed by atoms with E-state index in [9.17, 15) is 24.3 Å². The number of carboxylic acid groups (broad SMARTS) is 1. The fraction of sp³-hybridized carbons (Fsp3) is 0.348. The molecule has 208 valence electrons. The number of rotatable bonds is 10. The van der Waals surface area contributed by atoms with Crippen LogP contribution in [0.25, 0.3) is 11.2 Å². The summed E-state index contributed by atoms with van der Waals surface area (Å²) in [6.45, 7) is 0.926. The van der Waals surface area contributed by atoms with Crippen molar-refractivity contribution in [3.05, 3.63) is 52.1 Å². The van der Waals surface area contributed by atoms with Gasteiger partial charge in [-0.3, -0.25) is 19.4 Å². The van der Waals surface area contributed by atoms with Crippen molar-refractivity contribution in [2.45, 2.75) is 31.0 Å². The molecule has 3 fully saturated rings. The van der Waals surface area contributed by atoms with E-state index in [2.05, 4.69) is 35.9 Å². The van der Waals surface area contributed by atoms with Crippen LogP contribution in [0.15, 0.2) is 35.3 Å². The molecule has 0 aliphatic carbocycles. The number of carbonyl (C=O) groups is 3. The summed E-state index contributed by atoms with van der Waals surface area (Å²) in [5, 5.41) is 17.9. The zero-order valence-corrected chi connectivity index (χ0v) is 21.0. The van der Waals surface area contributed by atoms with E-state index in [1.807, 2.05) is 0 Å². The van der Waals surface area contributed by atoms with Crippen LogP contribution in [-0.4, -0.2) is 81.5 Å². The van der Waals surface area contributed by atoms with Crippen molar-refractivity contribution >= 4 is 47.9 Å². The number of nitrogens with zero attached hydrogens (tertiary/aromatic N) is 3. The Morgan fingerprint density at radius 3 is 2.50 bits per heavy atom. The summed E-state index contributed by atoms with van der Waals surface area (Å²) in [5.74, 6) is -2.33. The van der Waals surface area contributed by atoms with Crippen LogP contribution in [-0.2, 0) is 30.1 Å². The number of amides is 2. The molecule has 3 aliphatic rings. The molecule has 6 rings (SSSR count). The van der Waals surface area contributed by atoms with Crippen LogP contribution < -0.4 is 27.2 Å². The second-order valence-corrected chi connectivity index (χ2v) is 9.37. The number of hydrogen-bond donors (Lipinski definition) is 6. The Morgan fingerprint density at radius 1 is 1.12 bits per heavy atom. The van der Waals surface area contributed by atoms with Gasteiger partial charge in [-0.1, -0.05) is 0 Å². The molecule has 3 saturated heterocycles. The Hall–Kier alpha value is -4.61. The summed E-state index contributed by atoms with van der Waals surface area (Å²) in [5.41, 5.74) is 5.74. The number of aliphatic carboxylic acids is 1. The molecular weight excluding hydrogens is 527 g/mol. The maximum Gasteiger partial charge on any atom is 0.639 e. The molecule has 1 atom stereocenters. The number of fused-ring (bicyclic) bond motifs is 4. The molecule has 2 aromatic heterocycles. The predicted molar refractivity (Wildman–Crippen MR) is 139 cm³/mol. The molecule has 16 nitrogen and oxygen atoms in total. The van der Waals surface area contributed by atoms with Crippen LogP contribution in [0, 0.1) is 0 Å². The lowest BCUT2D eigenvalue weighted by Gasteiger charge is -2.44. The Kier molecular flexibility index (Phi) is 7.59. The first-order valence-electron chi connectivity index (χ1n) is 12.2. The third kappa shape index (κ3) is 6.17. The molecule has 2 bridgehead atoms. The van der Waals surface area contributed by atoms with Crippen LogP contribution in [0.5, 0.6) is 0 Å². The molecule has 2 amide bonds. The minimum Gasteiger partial charge on any atom is -0.480 e. The van der Waals surface area contributed by atoms with Gasteiger partial charge in [0, 0.05) is 17.7 Å². The van der Waals surface area contributed by atoms with Crippen LogP contribution in [0.4, 0.5) is 11.6 Å². The first-order chi connectivity index (χ1) is 19.2. The standard InChI is InChI=1S/C23H25BN8O8/c25-22-30-18-17(20(35)31-22)28-14(8-27-18)7-26-13-3-1-12(2-4-13)19(34)29-15(21(36)37)5-6-16(33)32-23-9-38-24(39-10-23)40-11-23/h1-4,8,15,26H,5-7,9-11H2,(H,29,34)(H,32,33)(H,36,37)(H3,25,27,30,31,35)/t15-/m0/s1. The minimum absolute atomic E-state index is 0.0513. The summed E-state index contributed by atoms with van der Waals surface area (Å²) in [4.78, 5) is 63.5. The molecule has 5 heterocycles. The molecule has 3 aromatic rings. The van der Waals surface area contributed by atoms with E-state index in [1.165, 1.54) is 18.3 Å². The molecular formula is C23H25BN8O8. The van der Waals surface area contributed by atoms with Crippen molar-refractivity contribution < 1.29 is 33.5 Å². The lowest BCUT2D eigenvalue weighted by Crippen LogP contribution is -2.68. The van der Waals surface area contributed by atoms with Gasteiger partial charge in [0.1, 0.15) is 11.6 Å². The number of benzene rings is 1. The molecule has 0 radical (unpaired) electrons. The molecule has 3 aliphatic heterocycles. The second-order valence-electron chi connectivity index (χ2n) is 9.37. The van der Waals surface area contributed by atoms with Gasteiger partial charge in [0.2, 0.25) is 11.9 Å². The van der Waals surface area contributed by atoms with Crippen LogP contribution >= 0.6 is 0 Å². The van der Waals surface area contributed by atoms with Crippen molar-refractivity contribution in [3.8, 4) is 0 Å². The van der Waals surface area contributed by atoms with Crippen LogP contribution in [0.2, 0.25) is 0 Å². The highest BCUT2D eigenvalue weighted by atomic mass is 16.8. The van der Waals surface area contributed by atoms with Gasteiger partial charge in [0.25, 0.3) is 11.5 Å². The molecule has 17 heteroatoms. The Balaban J connectivity index is 1.13. The highest BCUT2D eigenvalue weighted by Crippen LogP contribution is 2.22. The van der Waals surface area contributed by atoms with Crippen LogP contribution in [0.3, 0.4) is 0 Å². The van der Waals surface area contributed by atoms with Crippen molar-refractivity contribution in [2.75, 3.05) is 30.9 Å². The number of nitrogens with two attached hydrogens (primary N) is 1. The van der Waals surface area contributed by atoms with Gasteiger partial charge in [0.15, 0.2) is 11.2 Å². The van der Waals surface area contributed by atoms with Gasteiger partial charge in [-0.05, 0) is 30.7 Å². The van der Waals surface area contributed by atoms with Crippen molar-refractivity contribution in [2.24, 2.45) is 0 Å². The van der Waals surface area contributed by atoms with Crippen molar-refractivity contribution in [1.82, 2.24) is 30.6 Å². The number of hydrogen-bond acceptors (Lipinski definition) is 12. The van der Waals surface area contributed by atoms with E-state index in [4.69, 9.17) is 19.7 Å². The smallest absolute Gasteiger partial charge is 0.480 e. The third-order valence-electron chi connectivity index (χ3n) is 6.26. The normalized spacial score (nSPS) is 16.4. The van der Waals surface area contributed by atoms with E-state index in [0.717, 1.165) is 0 Å². The lowest BCUT2D eigenvalue weighted by atomic mass is 9.94. The van der Waals surface area contributed by atoms with E-state index in [-0.39, 0.29) is 61.9 Å². The summed E-state index contributed by atoms with van der Waals surface area (Å²) in [6, 6.07) is 5.02. The monoisotopic (exact) mass is 552 g/mol. The fourth-order valence-electron chi connectivity index (χ4n) is 4.18. The van der Waals surface area contributed by atoms with Crippen LogP contribution in [0.1, 0.15) is 28.9 Å². The van der Waals surface area contributed by atoms with Gasteiger partial charge in [-0.25, -0.2) is 14.8 Å². The number of nitrogens with one attached hydrogen (secondary N) is 4. The number of nitrogen functional groups attached to an aromatic ring is 1. The Morgan fingerprint density at radius 2 is 1.82 bits per heavy atom. The molecule has 7 N–H and O–H groups in total. The second kappa shape index (κ2) is 11.2. The molecule has 0 saturated carbocycles. The van der Waals surface area contributed by atoms with Crippen molar-refractivity contribution in [3.63, 3.8) is 0 Å². The maximum absolute atomic E-state index is 12.7. The molecule has 0 unspecified atom stereocenters. The minimum atomic E-state index is -1.28. The summed E-state index contributed by atoms with van der Waals surface area (Å²) < 4.78 is 15.8. The topological polar surface area (TPSA) is 233 Å². The first kappa shape index (κ1) is 27.0. The number of anilines is 2. The summed E-state index contributed by atoms with van der Waals surface area (Å²) in [6.07, 6.45) is 1.20. The summed E-state index contributed by atoms with van der Waals surface area (Å²) >= 11 is 0. The highest BCUT2D eigenvalue weighted by molar-refractivity contribution is 6.37. The third-order valence-corrected chi connectivity index (χ3v) is 6.26. The maximum atomic E-state index is 12.7. The number of carbonyl (C=O) groups excluding carboxylic acids is 2. The van der Waals surface area contributed by atoms with Gasteiger partial charge in [0.05, 0.1) is 38.3 Å². The van der Waals surface area contributed by atoms with E-state index >= 15 is 0 Å². The average Bonchev–Trinajstić information content (AvgIpc) is 2.95. The number of aromatic nitrogens is 4. The average molecular weight is 552 g/mol. The van der Waals surface area contributed by atoms with Gasteiger partial charge >= 0.3 is 13.3 Å².